The molecule has 8 nitrogen and oxygen atoms in total. The first-order chi connectivity index (χ1) is 16.5. The zero-order chi connectivity index (χ0) is 23.7. The summed E-state index contributed by atoms with van der Waals surface area (Å²) in [4.78, 5) is 53.9. The van der Waals surface area contributed by atoms with Crippen LogP contribution in [0.25, 0.3) is 0 Å². The van der Waals surface area contributed by atoms with Crippen LogP contribution in [-0.4, -0.2) is 53.8 Å². The highest BCUT2D eigenvalue weighted by Crippen LogP contribution is 2.34. The third-order valence-corrected chi connectivity index (χ3v) is 7.25. The van der Waals surface area contributed by atoms with Crippen LogP contribution in [0, 0.1) is 5.92 Å². The summed E-state index contributed by atoms with van der Waals surface area (Å²) in [6, 6.07) is 16.4. The van der Waals surface area contributed by atoms with Gasteiger partial charge in [-0.1, -0.05) is 36.4 Å². The number of nitrogens with one attached hydrogen (secondary N) is 2. The van der Waals surface area contributed by atoms with Crippen molar-refractivity contribution in [2.45, 2.75) is 37.6 Å². The van der Waals surface area contributed by atoms with Crippen LogP contribution in [0.4, 0.5) is 10.5 Å². The van der Waals surface area contributed by atoms with Gasteiger partial charge in [-0.15, -0.1) is 0 Å². The van der Waals surface area contributed by atoms with E-state index in [1.807, 2.05) is 42.5 Å². The minimum atomic E-state index is -1.01. The Balaban J connectivity index is 1.30. The Hall–Kier alpha value is -3.68. The van der Waals surface area contributed by atoms with Crippen molar-refractivity contribution < 1.29 is 19.2 Å². The largest absolute Gasteiger partial charge is 0.339 e. The van der Waals surface area contributed by atoms with Gasteiger partial charge < -0.3 is 15.1 Å². The lowest BCUT2D eigenvalue weighted by molar-refractivity contribution is -0.126. The Labute approximate surface area is 198 Å². The molecule has 0 spiro atoms. The number of urea groups is 1. The van der Waals surface area contributed by atoms with Gasteiger partial charge in [0, 0.05) is 43.7 Å². The Morgan fingerprint density at radius 1 is 0.971 bits per heavy atom. The number of piperidine rings is 1. The molecule has 0 saturated carbocycles. The summed E-state index contributed by atoms with van der Waals surface area (Å²) >= 11 is 0. The van der Waals surface area contributed by atoms with Gasteiger partial charge in [0.05, 0.1) is 0 Å². The average molecular weight is 461 g/mol. The number of benzene rings is 2. The molecule has 3 aliphatic heterocycles. The van der Waals surface area contributed by atoms with E-state index in [9.17, 15) is 19.2 Å². The number of anilines is 1. The molecule has 2 aromatic carbocycles. The quantitative estimate of drug-likeness (QED) is 0.670. The third-order valence-electron chi connectivity index (χ3n) is 7.25. The van der Waals surface area contributed by atoms with Crippen molar-refractivity contribution in [1.82, 2.24) is 15.5 Å². The van der Waals surface area contributed by atoms with E-state index in [0.717, 1.165) is 17.7 Å². The molecule has 0 aliphatic carbocycles. The molecule has 0 radical (unpaired) electrons. The molecule has 0 aromatic heterocycles. The number of nitrogens with zero attached hydrogens (tertiary/aromatic N) is 2. The third kappa shape index (κ3) is 4.04. The summed E-state index contributed by atoms with van der Waals surface area (Å²) in [7, 11) is 0. The number of likely N-dealkylation sites (tertiary alicyclic amines) is 1. The minimum absolute atomic E-state index is 0.0797. The van der Waals surface area contributed by atoms with Crippen LogP contribution in [0.3, 0.4) is 0 Å². The molecule has 2 aromatic rings. The summed E-state index contributed by atoms with van der Waals surface area (Å²) in [5.41, 5.74) is 1.28. The fourth-order valence-corrected chi connectivity index (χ4v) is 5.47. The Kier molecular flexibility index (Phi) is 5.81. The second-order valence-corrected chi connectivity index (χ2v) is 9.31. The number of imide groups is 1. The molecule has 5 amide bonds. The second kappa shape index (κ2) is 8.93. The Bertz CT molecular complexity index is 1130. The normalized spacial score (nSPS) is 23.2. The van der Waals surface area contributed by atoms with Crippen molar-refractivity contribution in [3.05, 3.63) is 65.7 Å². The molecular weight excluding hydrogens is 432 g/mol. The van der Waals surface area contributed by atoms with Gasteiger partial charge in [0.25, 0.3) is 11.8 Å². The van der Waals surface area contributed by atoms with Crippen LogP contribution in [0.1, 0.15) is 41.6 Å². The van der Waals surface area contributed by atoms with Gasteiger partial charge in [-0.3, -0.25) is 19.7 Å². The lowest BCUT2D eigenvalue weighted by Gasteiger charge is -2.40. The fourth-order valence-electron chi connectivity index (χ4n) is 5.47. The molecule has 1 atom stereocenters. The topological polar surface area (TPSA) is 98.8 Å². The monoisotopic (exact) mass is 460 g/mol. The predicted molar refractivity (Wildman–Crippen MR) is 126 cm³/mol. The summed E-state index contributed by atoms with van der Waals surface area (Å²) in [5, 5.41) is 5.33. The minimum Gasteiger partial charge on any atom is -0.339 e. The van der Waals surface area contributed by atoms with Gasteiger partial charge >= 0.3 is 6.03 Å². The van der Waals surface area contributed by atoms with Crippen LogP contribution in [-0.2, 0) is 16.0 Å². The first-order valence-electron chi connectivity index (χ1n) is 11.8. The summed E-state index contributed by atoms with van der Waals surface area (Å²) in [5.74, 6) is -0.374. The SMILES string of the molecule is O=C1NC(=O)C(Cc2ccccc2)(C2CCN(C(=O)c3cccc(N4CCCC4=O)c3)CC2)N1. The number of rotatable bonds is 5. The highest BCUT2D eigenvalue weighted by molar-refractivity contribution is 6.07. The van der Waals surface area contributed by atoms with Crippen LogP contribution in [0.2, 0.25) is 0 Å². The van der Waals surface area contributed by atoms with Gasteiger partial charge in [-0.25, -0.2) is 4.79 Å². The zero-order valence-electron chi connectivity index (χ0n) is 19.0. The van der Waals surface area contributed by atoms with Gasteiger partial charge in [-0.2, -0.15) is 0 Å². The Morgan fingerprint density at radius 3 is 2.38 bits per heavy atom. The van der Waals surface area contributed by atoms with Crippen LogP contribution in [0.15, 0.2) is 54.6 Å². The van der Waals surface area contributed by atoms with Crippen molar-refractivity contribution in [3.63, 3.8) is 0 Å². The predicted octanol–water partition coefficient (Wildman–Crippen LogP) is 2.49. The maximum atomic E-state index is 13.2. The van der Waals surface area contributed by atoms with E-state index >= 15 is 0 Å². The van der Waals surface area contributed by atoms with Gasteiger partial charge in [0.2, 0.25) is 5.91 Å². The molecule has 5 rings (SSSR count). The van der Waals surface area contributed by atoms with Gasteiger partial charge in [-0.05, 0) is 48.9 Å². The lowest BCUT2D eigenvalue weighted by atomic mass is 9.74. The fraction of sp³-hybridized carbons (Fsp3) is 0.385. The highest BCUT2D eigenvalue weighted by atomic mass is 16.2. The van der Waals surface area contributed by atoms with E-state index in [1.165, 1.54) is 0 Å². The molecule has 176 valence electrons. The van der Waals surface area contributed by atoms with E-state index in [2.05, 4.69) is 10.6 Å². The summed E-state index contributed by atoms with van der Waals surface area (Å²) < 4.78 is 0. The smallest absolute Gasteiger partial charge is 0.322 e. The number of hydrogen-bond donors (Lipinski definition) is 2. The van der Waals surface area contributed by atoms with Crippen molar-refractivity contribution in [3.8, 4) is 0 Å². The standard InChI is InChI=1S/C26H28N4O4/c31-22-10-5-13-30(22)21-9-4-8-19(16-21)23(32)29-14-11-20(12-15-29)26(24(33)27-25(34)28-26)17-18-6-2-1-3-7-18/h1-4,6-9,16,20H,5,10-15,17H2,(H2,27,28,33,34). The Morgan fingerprint density at radius 2 is 1.74 bits per heavy atom. The zero-order valence-corrected chi connectivity index (χ0v) is 19.0. The van der Waals surface area contributed by atoms with Crippen molar-refractivity contribution >= 4 is 29.4 Å². The molecule has 2 N–H and O–H groups in total. The first-order valence-corrected chi connectivity index (χ1v) is 11.8. The molecular formula is C26H28N4O4. The second-order valence-electron chi connectivity index (χ2n) is 9.31. The molecule has 8 heteroatoms. The van der Waals surface area contributed by atoms with E-state index in [0.29, 0.717) is 50.9 Å². The molecule has 1 unspecified atom stereocenters. The number of hydrogen-bond acceptors (Lipinski definition) is 4. The molecule has 3 heterocycles. The number of amides is 5. The summed E-state index contributed by atoms with van der Waals surface area (Å²) in [6.45, 7) is 1.67. The van der Waals surface area contributed by atoms with Gasteiger partial charge in [0.1, 0.15) is 5.54 Å². The van der Waals surface area contributed by atoms with Crippen molar-refractivity contribution in [2.75, 3.05) is 24.5 Å². The highest BCUT2D eigenvalue weighted by Gasteiger charge is 2.52. The average Bonchev–Trinajstić information content (AvgIpc) is 3.41. The molecule has 34 heavy (non-hydrogen) atoms. The number of carbonyl (C=O) groups is 4. The van der Waals surface area contributed by atoms with E-state index in [4.69, 9.17) is 0 Å². The van der Waals surface area contributed by atoms with Gasteiger partial charge in [0.15, 0.2) is 0 Å². The van der Waals surface area contributed by atoms with E-state index in [-0.39, 0.29) is 23.6 Å². The maximum absolute atomic E-state index is 13.2. The van der Waals surface area contributed by atoms with E-state index in [1.54, 1.807) is 21.9 Å². The molecule has 3 aliphatic rings. The number of carbonyl (C=O) groups excluding carboxylic acids is 4. The maximum Gasteiger partial charge on any atom is 0.322 e. The lowest BCUT2D eigenvalue weighted by Crippen LogP contribution is -2.57. The van der Waals surface area contributed by atoms with Crippen LogP contribution < -0.4 is 15.5 Å². The van der Waals surface area contributed by atoms with E-state index < -0.39 is 11.6 Å². The first kappa shape index (κ1) is 22.1. The van der Waals surface area contributed by atoms with Crippen LogP contribution >= 0.6 is 0 Å². The van der Waals surface area contributed by atoms with Crippen molar-refractivity contribution in [1.29, 1.82) is 0 Å². The molecule has 0 bridgehead atoms. The van der Waals surface area contributed by atoms with Crippen molar-refractivity contribution in [2.24, 2.45) is 5.92 Å². The molecule has 3 fully saturated rings. The molecule has 3 saturated heterocycles. The van der Waals surface area contributed by atoms with Crippen LogP contribution in [0.5, 0.6) is 0 Å². The summed E-state index contributed by atoms with van der Waals surface area (Å²) in [6.07, 6.45) is 3.00.